The van der Waals surface area contributed by atoms with E-state index >= 15 is 0 Å². The third-order valence-corrected chi connectivity index (χ3v) is 3.48. The summed E-state index contributed by atoms with van der Waals surface area (Å²) in [7, 11) is 0. The van der Waals surface area contributed by atoms with Gasteiger partial charge in [-0.25, -0.2) is 4.98 Å². The molecule has 90 valence electrons. The van der Waals surface area contributed by atoms with E-state index in [2.05, 4.69) is 47.0 Å². The number of nitrogens with one attached hydrogen (secondary N) is 1. The third kappa shape index (κ3) is 3.37. The van der Waals surface area contributed by atoms with Gasteiger partial charge < -0.3 is 11.1 Å². The van der Waals surface area contributed by atoms with E-state index in [0.29, 0.717) is 17.6 Å². The number of hydrogen-bond donors (Lipinski definition) is 2. The monoisotopic (exact) mass is 285 g/mol. The highest BCUT2D eigenvalue weighted by atomic mass is 79.9. The van der Waals surface area contributed by atoms with Crippen molar-refractivity contribution in [3.05, 3.63) is 16.2 Å². The van der Waals surface area contributed by atoms with E-state index in [-0.39, 0.29) is 0 Å². The van der Waals surface area contributed by atoms with Crippen LogP contribution in [0.5, 0.6) is 0 Å². The number of nitrogens with two attached hydrogens (primary N) is 1. The Kier molecular flexibility index (Phi) is 4.59. The van der Waals surface area contributed by atoms with Crippen LogP contribution in [0.15, 0.2) is 10.7 Å². The highest BCUT2D eigenvalue weighted by molar-refractivity contribution is 9.10. The lowest BCUT2D eigenvalue weighted by atomic mass is 10.1. The molecule has 0 saturated carbocycles. The summed E-state index contributed by atoms with van der Waals surface area (Å²) in [4.78, 5) is 4.30. The topological polar surface area (TPSA) is 50.9 Å². The summed E-state index contributed by atoms with van der Waals surface area (Å²) in [5.41, 5.74) is 7.53. The molecular formula is C12H20BrN3. The molecule has 0 bridgehead atoms. The average molecular weight is 286 g/mol. The van der Waals surface area contributed by atoms with Gasteiger partial charge in [0.1, 0.15) is 5.82 Å². The minimum absolute atomic E-state index is 0.409. The van der Waals surface area contributed by atoms with Crippen molar-refractivity contribution >= 4 is 27.4 Å². The molecule has 1 aromatic rings. The van der Waals surface area contributed by atoms with E-state index in [1.807, 2.05) is 6.92 Å². The molecule has 0 aromatic carbocycles. The molecule has 0 spiro atoms. The number of pyridine rings is 1. The molecule has 0 aliphatic carbocycles. The molecule has 0 aliphatic rings. The Morgan fingerprint density at radius 3 is 2.62 bits per heavy atom. The normalized spacial score (nSPS) is 12.9. The molecule has 0 aliphatic heterocycles. The quantitative estimate of drug-likeness (QED) is 0.889. The predicted octanol–water partition coefficient (Wildman–Crippen LogP) is 3.58. The van der Waals surface area contributed by atoms with Crippen LogP contribution in [-0.4, -0.2) is 11.0 Å². The zero-order valence-corrected chi connectivity index (χ0v) is 11.9. The molecule has 0 fully saturated rings. The Bertz CT molecular complexity index is 364. The molecule has 16 heavy (non-hydrogen) atoms. The molecule has 4 heteroatoms. The number of hydrogen-bond acceptors (Lipinski definition) is 3. The van der Waals surface area contributed by atoms with E-state index in [9.17, 15) is 0 Å². The number of rotatable bonds is 4. The summed E-state index contributed by atoms with van der Waals surface area (Å²) in [6.45, 7) is 8.59. The molecule has 3 nitrogen and oxygen atoms in total. The number of anilines is 2. The lowest BCUT2D eigenvalue weighted by molar-refractivity contribution is 0.538. The van der Waals surface area contributed by atoms with Crippen molar-refractivity contribution in [1.29, 1.82) is 0 Å². The minimum Gasteiger partial charge on any atom is -0.397 e. The first-order valence-corrected chi connectivity index (χ1v) is 6.38. The number of nitrogen functional groups attached to an aromatic ring is 1. The largest absolute Gasteiger partial charge is 0.397 e. The lowest BCUT2D eigenvalue weighted by Gasteiger charge is -2.18. The fourth-order valence-corrected chi connectivity index (χ4v) is 2.14. The van der Waals surface area contributed by atoms with E-state index in [0.717, 1.165) is 22.3 Å². The van der Waals surface area contributed by atoms with E-state index in [1.165, 1.54) is 0 Å². The molecule has 1 unspecified atom stereocenters. The standard InChI is InChI=1S/C12H20BrN3/c1-7(2)5-8(3)16-12-11(13)9(4)10(14)6-15-12/h6-8H,5,14H2,1-4H3,(H,15,16). The highest BCUT2D eigenvalue weighted by Gasteiger charge is 2.10. The Hall–Kier alpha value is -0.770. The fourth-order valence-electron chi connectivity index (χ4n) is 1.69. The Balaban J connectivity index is 2.78. The van der Waals surface area contributed by atoms with Crippen molar-refractivity contribution in [3.63, 3.8) is 0 Å². The van der Waals surface area contributed by atoms with Gasteiger partial charge in [0.25, 0.3) is 0 Å². The van der Waals surface area contributed by atoms with Gasteiger partial charge in [-0.05, 0) is 47.7 Å². The minimum atomic E-state index is 0.409. The number of aromatic nitrogens is 1. The number of nitrogens with zero attached hydrogens (tertiary/aromatic N) is 1. The van der Waals surface area contributed by atoms with Gasteiger partial charge in [-0.1, -0.05) is 13.8 Å². The molecule has 0 radical (unpaired) electrons. The third-order valence-electron chi connectivity index (χ3n) is 2.51. The predicted molar refractivity (Wildman–Crippen MR) is 73.6 cm³/mol. The summed E-state index contributed by atoms with van der Waals surface area (Å²) in [6, 6.07) is 0.409. The van der Waals surface area contributed by atoms with Crippen LogP contribution < -0.4 is 11.1 Å². The average Bonchev–Trinajstić information content (AvgIpc) is 2.18. The maximum atomic E-state index is 5.78. The second-order valence-corrected chi connectivity index (χ2v) is 5.47. The van der Waals surface area contributed by atoms with Gasteiger partial charge in [-0.3, -0.25) is 0 Å². The molecule has 1 atom stereocenters. The van der Waals surface area contributed by atoms with E-state index < -0.39 is 0 Å². The van der Waals surface area contributed by atoms with Gasteiger partial charge in [0, 0.05) is 6.04 Å². The molecular weight excluding hydrogens is 266 g/mol. The molecule has 1 heterocycles. The van der Waals surface area contributed by atoms with Crippen molar-refractivity contribution in [3.8, 4) is 0 Å². The smallest absolute Gasteiger partial charge is 0.140 e. The van der Waals surface area contributed by atoms with Crippen LogP contribution in [0.1, 0.15) is 32.8 Å². The maximum absolute atomic E-state index is 5.78. The van der Waals surface area contributed by atoms with Gasteiger partial charge in [0.15, 0.2) is 0 Å². The fraction of sp³-hybridized carbons (Fsp3) is 0.583. The van der Waals surface area contributed by atoms with Gasteiger partial charge in [-0.2, -0.15) is 0 Å². The van der Waals surface area contributed by atoms with E-state index in [1.54, 1.807) is 6.20 Å². The summed E-state index contributed by atoms with van der Waals surface area (Å²) in [5, 5.41) is 3.40. The SMILES string of the molecule is Cc1c(N)cnc(NC(C)CC(C)C)c1Br. The van der Waals surface area contributed by atoms with E-state index in [4.69, 9.17) is 5.73 Å². The zero-order chi connectivity index (χ0) is 12.3. The van der Waals surface area contributed by atoms with Crippen LogP contribution in [-0.2, 0) is 0 Å². The first-order chi connectivity index (χ1) is 7.41. The highest BCUT2D eigenvalue weighted by Crippen LogP contribution is 2.28. The lowest BCUT2D eigenvalue weighted by Crippen LogP contribution is -2.18. The summed E-state index contributed by atoms with van der Waals surface area (Å²) in [5.74, 6) is 1.55. The first kappa shape index (κ1) is 13.3. The van der Waals surface area contributed by atoms with Crippen LogP contribution in [0.3, 0.4) is 0 Å². The van der Waals surface area contributed by atoms with Crippen molar-refractivity contribution < 1.29 is 0 Å². The Morgan fingerprint density at radius 2 is 2.06 bits per heavy atom. The number of halogens is 1. The van der Waals surface area contributed by atoms with Gasteiger partial charge in [0.05, 0.1) is 16.4 Å². The van der Waals surface area contributed by atoms with Gasteiger partial charge in [0.2, 0.25) is 0 Å². The maximum Gasteiger partial charge on any atom is 0.140 e. The second-order valence-electron chi connectivity index (χ2n) is 4.68. The van der Waals surface area contributed by atoms with Crippen LogP contribution in [0, 0.1) is 12.8 Å². The Morgan fingerprint density at radius 1 is 1.44 bits per heavy atom. The summed E-state index contributed by atoms with van der Waals surface area (Å²) in [6.07, 6.45) is 2.82. The van der Waals surface area contributed by atoms with Gasteiger partial charge in [-0.15, -0.1) is 0 Å². The summed E-state index contributed by atoms with van der Waals surface area (Å²) < 4.78 is 0.961. The molecule has 0 saturated heterocycles. The van der Waals surface area contributed by atoms with Crippen LogP contribution >= 0.6 is 15.9 Å². The Labute approximate surface area is 106 Å². The molecule has 1 aromatic heterocycles. The van der Waals surface area contributed by atoms with Crippen LogP contribution in [0.4, 0.5) is 11.5 Å². The van der Waals surface area contributed by atoms with Crippen LogP contribution in [0.25, 0.3) is 0 Å². The first-order valence-electron chi connectivity index (χ1n) is 5.59. The molecule has 3 N–H and O–H groups in total. The molecule has 1 rings (SSSR count). The van der Waals surface area contributed by atoms with Crippen molar-refractivity contribution in [2.45, 2.75) is 40.2 Å². The molecule has 0 amide bonds. The zero-order valence-electron chi connectivity index (χ0n) is 10.3. The van der Waals surface area contributed by atoms with Crippen LogP contribution in [0.2, 0.25) is 0 Å². The van der Waals surface area contributed by atoms with Gasteiger partial charge >= 0.3 is 0 Å². The summed E-state index contributed by atoms with van der Waals surface area (Å²) >= 11 is 3.52. The van der Waals surface area contributed by atoms with Crippen molar-refractivity contribution in [2.24, 2.45) is 5.92 Å². The second kappa shape index (κ2) is 5.53. The van der Waals surface area contributed by atoms with Crippen molar-refractivity contribution in [1.82, 2.24) is 4.98 Å². The van der Waals surface area contributed by atoms with Crippen molar-refractivity contribution in [2.75, 3.05) is 11.1 Å².